The molecule has 29 heavy (non-hydrogen) atoms. The Morgan fingerprint density at radius 2 is 2.03 bits per heavy atom. The van der Waals surface area contributed by atoms with E-state index in [9.17, 15) is 19.7 Å². The highest BCUT2D eigenvalue weighted by molar-refractivity contribution is 5.94. The van der Waals surface area contributed by atoms with Crippen molar-refractivity contribution in [3.63, 3.8) is 0 Å². The lowest BCUT2D eigenvalue weighted by Gasteiger charge is -2.37. The van der Waals surface area contributed by atoms with Crippen molar-refractivity contribution in [2.75, 3.05) is 45.2 Å². The third kappa shape index (κ3) is 7.15. The fourth-order valence-electron chi connectivity index (χ4n) is 3.40. The highest BCUT2D eigenvalue weighted by Crippen LogP contribution is 2.29. The van der Waals surface area contributed by atoms with Crippen molar-refractivity contribution in [3.8, 4) is 5.75 Å². The lowest BCUT2D eigenvalue weighted by molar-refractivity contribution is -0.384. The molecule has 0 aromatic heterocycles. The Kier molecular flexibility index (Phi) is 9.79. The van der Waals surface area contributed by atoms with E-state index in [-0.39, 0.29) is 48.8 Å². The number of nitrogens with zero attached hydrogens (tertiary/aromatic N) is 3. The molecule has 1 aromatic rings. The van der Waals surface area contributed by atoms with Crippen LogP contribution in [0.25, 0.3) is 0 Å². The van der Waals surface area contributed by atoms with E-state index in [1.54, 1.807) is 6.07 Å². The Morgan fingerprint density at radius 3 is 2.55 bits per heavy atom. The number of aliphatic carboxylic acids is 1. The number of amides is 1. The first-order chi connectivity index (χ1) is 13.3. The molecule has 162 valence electrons. The zero-order valence-corrected chi connectivity index (χ0v) is 17.3. The van der Waals surface area contributed by atoms with Crippen LogP contribution in [-0.4, -0.2) is 77.6 Å². The zero-order chi connectivity index (χ0) is 20.7. The second kappa shape index (κ2) is 11.5. The highest BCUT2D eigenvalue weighted by Gasteiger charge is 2.26. The predicted octanol–water partition coefficient (Wildman–Crippen LogP) is 1.83. The van der Waals surface area contributed by atoms with Gasteiger partial charge in [0.15, 0.2) is 0 Å². The molecule has 1 aliphatic heterocycles. The number of methoxy groups -OCH3 is 1. The van der Waals surface area contributed by atoms with E-state index in [2.05, 4.69) is 5.32 Å². The monoisotopic (exact) mass is 430 g/mol. The number of carbonyl (C=O) groups is 2. The number of benzene rings is 1. The average Bonchev–Trinajstić information content (AvgIpc) is 2.66. The number of likely N-dealkylation sites (N-methyl/N-ethyl adjacent to an activating group) is 1. The first-order valence-electron chi connectivity index (χ1n) is 9.14. The van der Waals surface area contributed by atoms with Crippen LogP contribution < -0.4 is 10.1 Å². The van der Waals surface area contributed by atoms with Gasteiger partial charge < -0.3 is 15.2 Å². The van der Waals surface area contributed by atoms with Gasteiger partial charge in [0, 0.05) is 19.1 Å². The number of rotatable bonds is 9. The van der Waals surface area contributed by atoms with Gasteiger partial charge in [-0.05, 0) is 31.5 Å². The molecule has 0 saturated carbocycles. The largest absolute Gasteiger partial charge is 0.496 e. The number of anilines is 1. The van der Waals surface area contributed by atoms with Crippen molar-refractivity contribution >= 4 is 35.7 Å². The third-order valence-corrected chi connectivity index (χ3v) is 4.86. The summed E-state index contributed by atoms with van der Waals surface area (Å²) < 4.78 is 4.98. The number of nitro groups is 1. The maximum atomic E-state index is 12.3. The third-order valence-electron chi connectivity index (χ3n) is 4.86. The van der Waals surface area contributed by atoms with E-state index in [4.69, 9.17) is 9.84 Å². The normalized spacial score (nSPS) is 14.9. The molecule has 0 spiro atoms. The van der Waals surface area contributed by atoms with Crippen LogP contribution >= 0.6 is 12.4 Å². The van der Waals surface area contributed by atoms with Gasteiger partial charge in [0.05, 0.1) is 31.2 Å². The van der Waals surface area contributed by atoms with E-state index in [1.165, 1.54) is 19.2 Å². The summed E-state index contributed by atoms with van der Waals surface area (Å²) in [5, 5.41) is 22.8. The van der Waals surface area contributed by atoms with E-state index in [0.717, 1.165) is 12.8 Å². The molecule has 1 heterocycles. The Bertz CT molecular complexity index is 724. The first-order valence-corrected chi connectivity index (χ1v) is 9.14. The van der Waals surface area contributed by atoms with Crippen molar-refractivity contribution in [1.29, 1.82) is 0 Å². The first kappa shape index (κ1) is 24.6. The van der Waals surface area contributed by atoms with Crippen molar-refractivity contribution in [2.24, 2.45) is 0 Å². The predicted molar refractivity (Wildman–Crippen MR) is 110 cm³/mol. The topological polar surface area (TPSA) is 125 Å². The van der Waals surface area contributed by atoms with Gasteiger partial charge in [-0.25, -0.2) is 0 Å². The maximum absolute atomic E-state index is 12.3. The maximum Gasteiger partial charge on any atom is 0.317 e. The molecular weight excluding hydrogens is 404 g/mol. The lowest BCUT2D eigenvalue weighted by Crippen LogP contribution is -2.48. The van der Waals surface area contributed by atoms with E-state index in [0.29, 0.717) is 25.4 Å². The molecule has 0 radical (unpaired) electrons. The number of carboxylic acid groups (broad SMARTS) is 1. The van der Waals surface area contributed by atoms with E-state index < -0.39 is 10.9 Å². The van der Waals surface area contributed by atoms with Gasteiger partial charge in [-0.1, -0.05) is 6.92 Å². The van der Waals surface area contributed by atoms with Crippen LogP contribution in [0.5, 0.6) is 5.75 Å². The minimum Gasteiger partial charge on any atom is -0.496 e. The number of nitrogens with one attached hydrogen (secondary N) is 1. The molecule has 1 fully saturated rings. The molecule has 2 rings (SSSR count). The Morgan fingerprint density at radius 1 is 1.38 bits per heavy atom. The molecule has 1 saturated heterocycles. The average molecular weight is 431 g/mol. The number of carbonyl (C=O) groups excluding carboxylic acids is 1. The molecule has 2 N–H and O–H groups in total. The lowest BCUT2D eigenvalue weighted by atomic mass is 10.0. The summed E-state index contributed by atoms with van der Waals surface area (Å²) in [6.07, 6.45) is 1.55. The fourth-order valence-corrected chi connectivity index (χ4v) is 3.40. The number of piperidine rings is 1. The molecule has 11 heteroatoms. The summed E-state index contributed by atoms with van der Waals surface area (Å²) in [7, 11) is 1.41. The number of likely N-dealkylation sites (tertiary alicyclic amines) is 1. The number of halogens is 1. The summed E-state index contributed by atoms with van der Waals surface area (Å²) in [6, 6.07) is 4.45. The molecule has 10 nitrogen and oxygen atoms in total. The summed E-state index contributed by atoms with van der Waals surface area (Å²) in [5.74, 6) is -0.831. The standard InChI is InChI=1S/C18H26N4O6.ClH/c1-3-21(12-18(24)25)13-6-8-20(9-7-13)11-17(23)19-15-5-4-14(28-2)10-16(15)22(26)27;/h4-5,10,13H,3,6-9,11-12H2,1-2H3,(H,19,23)(H,24,25);1H. The second-order valence-electron chi connectivity index (χ2n) is 6.65. The molecule has 1 aliphatic rings. The molecular formula is C18H27ClN4O6. The van der Waals surface area contributed by atoms with Gasteiger partial charge in [0.1, 0.15) is 11.4 Å². The number of hydrogen-bond acceptors (Lipinski definition) is 7. The number of hydrogen-bond donors (Lipinski definition) is 2. The van der Waals surface area contributed by atoms with E-state index >= 15 is 0 Å². The molecule has 0 aliphatic carbocycles. The van der Waals surface area contributed by atoms with Crippen molar-refractivity contribution in [1.82, 2.24) is 9.80 Å². The van der Waals surface area contributed by atoms with Crippen molar-refractivity contribution < 1.29 is 24.4 Å². The van der Waals surface area contributed by atoms with Gasteiger partial charge >= 0.3 is 5.97 Å². The van der Waals surface area contributed by atoms with Gasteiger partial charge in [-0.15, -0.1) is 12.4 Å². The molecule has 0 bridgehead atoms. The summed E-state index contributed by atoms with van der Waals surface area (Å²) in [6.45, 7) is 4.07. The number of ether oxygens (including phenoxy) is 1. The molecule has 1 aromatic carbocycles. The van der Waals surface area contributed by atoms with Crippen LogP contribution in [0.1, 0.15) is 19.8 Å². The van der Waals surface area contributed by atoms with E-state index in [1.807, 2.05) is 16.7 Å². The van der Waals surface area contributed by atoms with Gasteiger partial charge in [0.2, 0.25) is 5.91 Å². The Labute approximate surface area is 175 Å². The number of carboxylic acids is 1. The van der Waals surface area contributed by atoms with Crippen LogP contribution in [0.3, 0.4) is 0 Å². The SMILES string of the molecule is CCN(CC(=O)O)C1CCN(CC(=O)Nc2ccc(OC)cc2[N+](=O)[O-])CC1.Cl. The van der Waals surface area contributed by atoms with Crippen LogP contribution in [0.2, 0.25) is 0 Å². The number of nitro benzene ring substituents is 1. The van der Waals surface area contributed by atoms with Crippen LogP contribution in [0.4, 0.5) is 11.4 Å². The fraction of sp³-hybridized carbons (Fsp3) is 0.556. The summed E-state index contributed by atoms with van der Waals surface area (Å²) >= 11 is 0. The van der Waals surface area contributed by atoms with Gasteiger partial charge in [0.25, 0.3) is 5.69 Å². The molecule has 0 atom stereocenters. The summed E-state index contributed by atoms with van der Waals surface area (Å²) in [4.78, 5) is 37.8. The minimum atomic E-state index is -0.843. The minimum absolute atomic E-state index is 0. The smallest absolute Gasteiger partial charge is 0.317 e. The van der Waals surface area contributed by atoms with Gasteiger partial charge in [-0.2, -0.15) is 0 Å². The van der Waals surface area contributed by atoms with Crippen LogP contribution in [-0.2, 0) is 9.59 Å². The summed E-state index contributed by atoms with van der Waals surface area (Å²) in [5.41, 5.74) is -0.0945. The highest BCUT2D eigenvalue weighted by atomic mass is 35.5. The quantitative estimate of drug-likeness (QED) is 0.449. The molecule has 0 unspecified atom stereocenters. The van der Waals surface area contributed by atoms with Crippen LogP contribution in [0.15, 0.2) is 18.2 Å². The van der Waals surface area contributed by atoms with Crippen molar-refractivity contribution in [3.05, 3.63) is 28.3 Å². The zero-order valence-electron chi connectivity index (χ0n) is 16.5. The second-order valence-corrected chi connectivity index (χ2v) is 6.65. The van der Waals surface area contributed by atoms with Crippen molar-refractivity contribution in [2.45, 2.75) is 25.8 Å². The molecule has 1 amide bonds. The Balaban J connectivity index is 0.00000420. The van der Waals surface area contributed by atoms with Gasteiger partial charge in [-0.3, -0.25) is 29.5 Å². The van der Waals surface area contributed by atoms with Crippen LogP contribution in [0, 0.1) is 10.1 Å². The Hall–Kier alpha value is -2.43.